The van der Waals surface area contributed by atoms with Crippen molar-refractivity contribution in [3.8, 4) is 0 Å². The zero-order chi connectivity index (χ0) is 8.53. The molecule has 0 rings (SSSR count). The molecule has 65 valence electrons. The molecule has 11 heavy (non-hydrogen) atoms. The lowest BCUT2D eigenvalue weighted by molar-refractivity contribution is 0.603. The predicted octanol–water partition coefficient (Wildman–Crippen LogP) is 3.98. The number of hydrogen-bond donors (Lipinski definition) is 0. The summed E-state index contributed by atoms with van der Waals surface area (Å²) in [6.07, 6.45) is 10.7. The van der Waals surface area contributed by atoms with E-state index in [0.29, 0.717) is 0 Å². The Kier molecular flexibility index (Phi) is 7.66. The topological polar surface area (TPSA) is 0 Å². The van der Waals surface area contributed by atoms with Gasteiger partial charge in [-0.15, -0.1) is 0 Å². The molecule has 0 aromatic carbocycles. The molecule has 0 fully saturated rings. The minimum Gasteiger partial charge on any atom is -0.0883 e. The predicted molar refractivity (Wildman–Crippen MR) is 52.4 cm³/mol. The highest BCUT2D eigenvalue weighted by Crippen LogP contribution is 2.09. The molecule has 0 bridgehead atoms. The van der Waals surface area contributed by atoms with Gasteiger partial charge in [-0.25, -0.2) is 0 Å². The van der Waals surface area contributed by atoms with Crippen LogP contribution in [-0.4, -0.2) is 0 Å². The number of rotatable bonds is 6. The first-order valence-electron chi connectivity index (χ1n) is 4.81. The molecule has 0 aliphatic heterocycles. The van der Waals surface area contributed by atoms with Crippen LogP contribution in [-0.2, 0) is 0 Å². The van der Waals surface area contributed by atoms with Crippen LogP contribution in [0, 0.1) is 12.8 Å². The smallest absolute Gasteiger partial charge is 0.0239 e. The molecule has 1 radical (unpaired) electrons. The van der Waals surface area contributed by atoms with Crippen molar-refractivity contribution in [3.05, 3.63) is 19.1 Å². The molecule has 0 N–H and O–H groups in total. The van der Waals surface area contributed by atoms with Crippen molar-refractivity contribution in [2.45, 2.75) is 46.0 Å². The zero-order valence-electron chi connectivity index (χ0n) is 7.97. The Balaban J connectivity index is 3.36. The largest absolute Gasteiger partial charge is 0.0883 e. The molecule has 0 aromatic rings. The van der Waals surface area contributed by atoms with Crippen molar-refractivity contribution < 1.29 is 0 Å². The maximum atomic E-state index is 3.81. The van der Waals surface area contributed by atoms with Gasteiger partial charge in [-0.3, -0.25) is 0 Å². The van der Waals surface area contributed by atoms with Gasteiger partial charge in [0, 0.05) is 0 Å². The molecule has 0 aliphatic carbocycles. The minimum atomic E-state index is 0.805. The molecular formula is C11H21. The van der Waals surface area contributed by atoms with E-state index in [0.717, 1.165) is 12.3 Å². The number of allylic oxidation sites excluding steroid dienone is 2. The minimum absolute atomic E-state index is 0.805. The SMILES string of the molecule is [CH2]CCC/C=C/C(CC)CC. The fourth-order valence-electron chi connectivity index (χ4n) is 1.11. The highest BCUT2D eigenvalue weighted by Gasteiger charge is 1.94. The van der Waals surface area contributed by atoms with Gasteiger partial charge in [-0.2, -0.15) is 0 Å². The Bertz CT molecular complexity index is 88.2. The van der Waals surface area contributed by atoms with E-state index < -0.39 is 0 Å². The van der Waals surface area contributed by atoms with Gasteiger partial charge in [-0.05, 0) is 31.6 Å². The second-order valence-corrected chi connectivity index (χ2v) is 3.00. The second kappa shape index (κ2) is 7.84. The Hall–Kier alpha value is -0.260. The summed E-state index contributed by atoms with van der Waals surface area (Å²) < 4.78 is 0. The van der Waals surface area contributed by atoms with Gasteiger partial charge in [0.2, 0.25) is 0 Å². The van der Waals surface area contributed by atoms with Gasteiger partial charge in [-0.1, -0.05) is 39.3 Å². The molecule has 0 atom stereocenters. The summed E-state index contributed by atoms with van der Waals surface area (Å²) in [5.41, 5.74) is 0. The molecule has 0 heteroatoms. The van der Waals surface area contributed by atoms with Crippen molar-refractivity contribution in [1.82, 2.24) is 0 Å². The van der Waals surface area contributed by atoms with Crippen molar-refractivity contribution in [1.29, 1.82) is 0 Å². The third-order valence-corrected chi connectivity index (χ3v) is 2.08. The maximum absolute atomic E-state index is 3.81. The molecular weight excluding hydrogens is 132 g/mol. The molecule has 0 heterocycles. The normalized spacial score (nSPS) is 11.6. The fraction of sp³-hybridized carbons (Fsp3) is 0.727. The third-order valence-electron chi connectivity index (χ3n) is 2.08. The molecule has 0 nitrogen and oxygen atoms in total. The average Bonchev–Trinajstić information content (AvgIpc) is 2.05. The Morgan fingerprint density at radius 3 is 2.36 bits per heavy atom. The van der Waals surface area contributed by atoms with E-state index in [9.17, 15) is 0 Å². The first-order valence-corrected chi connectivity index (χ1v) is 4.81. The standard InChI is InChI=1S/C11H21/c1-4-7-8-9-10-11(5-2)6-3/h9-11H,1,4-8H2,2-3H3/b10-9+. The molecule has 0 saturated carbocycles. The van der Waals surface area contributed by atoms with Crippen LogP contribution in [0.5, 0.6) is 0 Å². The first-order chi connectivity index (χ1) is 5.35. The zero-order valence-corrected chi connectivity index (χ0v) is 7.97. The summed E-state index contributed by atoms with van der Waals surface area (Å²) in [7, 11) is 0. The fourth-order valence-corrected chi connectivity index (χ4v) is 1.11. The van der Waals surface area contributed by atoms with Crippen LogP contribution in [0.25, 0.3) is 0 Å². The van der Waals surface area contributed by atoms with Crippen molar-refractivity contribution in [2.75, 3.05) is 0 Å². The van der Waals surface area contributed by atoms with Crippen LogP contribution >= 0.6 is 0 Å². The lowest BCUT2D eigenvalue weighted by Crippen LogP contribution is -1.89. The highest BCUT2D eigenvalue weighted by atomic mass is 14.0. The van der Waals surface area contributed by atoms with E-state index in [2.05, 4.69) is 32.9 Å². The molecule has 0 spiro atoms. The van der Waals surface area contributed by atoms with Crippen molar-refractivity contribution >= 4 is 0 Å². The lowest BCUT2D eigenvalue weighted by atomic mass is 10.0. The maximum Gasteiger partial charge on any atom is -0.0239 e. The van der Waals surface area contributed by atoms with Gasteiger partial charge < -0.3 is 0 Å². The van der Waals surface area contributed by atoms with E-state index in [1.807, 2.05) is 0 Å². The van der Waals surface area contributed by atoms with Crippen LogP contribution in [0.15, 0.2) is 12.2 Å². The van der Waals surface area contributed by atoms with Gasteiger partial charge in [0.25, 0.3) is 0 Å². The summed E-state index contributed by atoms with van der Waals surface area (Å²) in [6, 6.07) is 0. The molecule has 0 unspecified atom stereocenters. The van der Waals surface area contributed by atoms with Crippen LogP contribution in [0.3, 0.4) is 0 Å². The van der Waals surface area contributed by atoms with Crippen molar-refractivity contribution in [2.24, 2.45) is 5.92 Å². The van der Waals surface area contributed by atoms with Crippen LogP contribution in [0.4, 0.5) is 0 Å². The van der Waals surface area contributed by atoms with E-state index in [1.165, 1.54) is 25.7 Å². The molecule has 0 amide bonds. The molecule has 0 saturated heterocycles. The van der Waals surface area contributed by atoms with E-state index in [1.54, 1.807) is 0 Å². The van der Waals surface area contributed by atoms with E-state index in [4.69, 9.17) is 0 Å². The Morgan fingerprint density at radius 1 is 1.27 bits per heavy atom. The summed E-state index contributed by atoms with van der Waals surface area (Å²) in [4.78, 5) is 0. The first kappa shape index (κ1) is 10.7. The third kappa shape index (κ3) is 6.15. The van der Waals surface area contributed by atoms with Gasteiger partial charge in [0.05, 0.1) is 0 Å². The molecule has 0 aliphatic rings. The summed E-state index contributed by atoms with van der Waals surface area (Å²) in [5.74, 6) is 0.805. The van der Waals surface area contributed by atoms with Crippen molar-refractivity contribution in [3.63, 3.8) is 0 Å². The Labute approximate surface area is 71.7 Å². The van der Waals surface area contributed by atoms with E-state index in [-0.39, 0.29) is 0 Å². The van der Waals surface area contributed by atoms with Crippen LogP contribution in [0.1, 0.15) is 46.0 Å². The average molecular weight is 153 g/mol. The highest BCUT2D eigenvalue weighted by molar-refractivity contribution is 4.87. The second-order valence-electron chi connectivity index (χ2n) is 3.00. The van der Waals surface area contributed by atoms with E-state index >= 15 is 0 Å². The van der Waals surface area contributed by atoms with Gasteiger partial charge in [0.1, 0.15) is 0 Å². The van der Waals surface area contributed by atoms with Gasteiger partial charge >= 0.3 is 0 Å². The van der Waals surface area contributed by atoms with Gasteiger partial charge in [0.15, 0.2) is 0 Å². The molecule has 0 aromatic heterocycles. The summed E-state index contributed by atoms with van der Waals surface area (Å²) in [5, 5.41) is 0. The summed E-state index contributed by atoms with van der Waals surface area (Å²) in [6.45, 7) is 8.31. The van der Waals surface area contributed by atoms with Crippen LogP contribution in [0.2, 0.25) is 0 Å². The number of hydrogen-bond acceptors (Lipinski definition) is 0. The Morgan fingerprint density at radius 2 is 1.91 bits per heavy atom. The quantitative estimate of drug-likeness (QED) is 0.400. The summed E-state index contributed by atoms with van der Waals surface area (Å²) >= 11 is 0. The number of unbranched alkanes of at least 4 members (excludes halogenated alkanes) is 2. The lowest BCUT2D eigenvalue weighted by Gasteiger charge is -2.04. The van der Waals surface area contributed by atoms with Crippen LogP contribution < -0.4 is 0 Å². The monoisotopic (exact) mass is 153 g/mol.